The molecule has 0 saturated carbocycles. The summed E-state index contributed by atoms with van der Waals surface area (Å²) < 4.78 is 3.94. The van der Waals surface area contributed by atoms with Crippen molar-refractivity contribution in [3.63, 3.8) is 0 Å². The molecule has 0 atom stereocenters. The zero-order valence-corrected chi connectivity index (χ0v) is 7.64. The number of nitrogen functional groups attached to an aromatic ring is 1. The first-order chi connectivity index (χ1) is 6.34. The lowest BCUT2D eigenvalue weighted by Crippen LogP contribution is -1.99. The summed E-state index contributed by atoms with van der Waals surface area (Å²) in [5.74, 6) is 1.44. The Morgan fingerprint density at radius 3 is 3.15 bits per heavy atom. The molecule has 0 aromatic carbocycles. The fraction of sp³-hybridized carbons (Fsp3) is 0.143. The van der Waals surface area contributed by atoms with E-state index in [1.807, 2.05) is 0 Å². The maximum absolute atomic E-state index is 5.46. The predicted molar refractivity (Wildman–Crippen MR) is 52.4 cm³/mol. The topological polar surface area (TPSA) is 79.6 Å². The van der Waals surface area contributed by atoms with Crippen LogP contribution in [-0.4, -0.2) is 14.3 Å². The van der Waals surface area contributed by atoms with E-state index in [1.54, 1.807) is 18.5 Å². The van der Waals surface area contributed by atoms with Crippen molar-refractivity contribution in [1.29, 1.82) is 0 Å². The van der Waals surface area contributed by atoms with Gasteiger partial charge in [0.1, 0.15) is 16.6 Å². The van der Waals surface area contributed by atoms with Gasteiger partial charge in [-0.05, 0) is 11.5 Å². The highest BCUT2D eigenvalue weighted by molar-refractivity contribution is 7.10. The molecular weight excluding hydrogens is 186 g/mol. The van der Waals surface area contributed by atoms with Gasteiger partial charge in [-0.1, -0.05) is 0 Å². The minimum atomic E-state index is 0.548. The van der Waals surface area contributed by atoms with E-state index >= 15 is 0 Å². The van der Waals surface area contributed by atoms with Crippen molar-refractivity contribution in [2.75, 3.05) is 11.1 Å². The maximum atomic E-state index is 5.46. The number of rotatable bonds is 3. The van der Waals surface area contributed by atoms with E-state index in [2.05, 4.69) is 19.7 Å². The molecule has 0 aliphatic rings. The van der Waals surface area contributed by atoms with Gasteiger partial charge in [-0.2, -0.15) is 4.37 Å². The second-order valence-corrected chi connectivity index (χ2v) is 3.31. The van der Waals surface area contributed by atoms with Crippen LogP contribution in [0.15, 0.2) is 18.5 Å². The summed E-state index contributed by atoms with van der Waals surface area (Å²) in [5.41, 5.74) is 5.46. The molecule has 0 radical (unpaired) electrons. The molecule has 0 fully saturated rings. The highest BCUT2D eigenvalue weighted by Crippen LogP contribution is 2.17. The average Bonchev–Trinajstić information content (AvgIpc) is 2.71. The Balaban J connectivity index is 1.93. The molecule has 0 aliphatic carbocycles. The summed E-state index contributed by atoms with van der Waals surface area (Å²) in [4.78, 5) is 7.07. The first kappa shape index (κ1) is 8.06. The van der Waals surface area contributed by atoms with Crippen molar-refractivity contribution < 1.29 is 0 Å². The molecule has 2 rings (SSSR count). The van der Waals surface area contributed by atoms with Crippen LogP contribution >= 0.6 is 11.5 Å². The Morgan fingerprint density at radius 1 is 1.62 bits per heavy atom. The third-order valence-electron chi connectivity index (χ3n) is 1.51. The number of aromatic amines is 1. The molecule has 0 amide bonds. The highest BCUT2D eigenvalue weighted by atomic mass is 32.1. The Hall–Kier alpha value is -1.56. The fourth-order valence-corrected chi connectivity index (χ4v) is 1.50. The zero-order chi connectivity index (χ0) is 9.10. The quantitative estimate of drug-likeness (QED) is 0.684. The normalized spacial score (nSPS) is 10.2. The number of nitrogens with one attached hydrogen (secondary N) is 2. The first-order valence-corrected chi connectivity index (χ1v) is 4.56. The summed E-state index contributed by atoms with van der Waals surface area (Å²) >= 11 is 1.34. The number of anilines is 2. The van der Waals surface area contributed by atoms with Gasteiger partial charge in [0.05, 0.1) is 6.54 Å². The van der Waals surface area contributed by atoms with Gasteiger partial charge in [0.15, 0.2) is 0 Å². The molecule has 4 N–H and O–H groups in total. The second kappa shape index (κ2) is 3.44. The van der Waals surface area contributed by atoms with Crippen molar-refractivity contribution in [3.05, 3.63) is 24.3 Å². The summed E-state index contributed by atoms with van der Waals surface area (Å²) in [6.45, 7) is 0.661. The van der Waals surface area contributed by atoms with Crippen molar-refractivity contribution in [2.24, 2.45) is 0 Å². The molecule has 0 aliphatic heterocycles. The average molecular weight is 195 g/mol. The fourth-order valence-electron chi connectivity index (χ4n) is 0.938. The standard InChI is InChI=1S/C7H9N5S/c8-5-3-7(13-12-5)11-4-6-9-1-2-10-6/h1-3,11H,4H2,(H2,8,12)(H,9,10). The van der Waals surface area contributed by atoms with Crippen LogP contribution in [0.5, 0.6) is 0 Å². The van der Waals surface area contributed by atoms with E-state index < -0.39 is 0 Å². The van der Waals surface area contributed by atoms with Gasteiger partial charge >= 0.3 is 0 Å². The Morgan fingerprint density at radius 2 is 2.54 bits per heavy atom. The Labute approximate surface area is 79.2 Å². The number of nitrogens with zero attached hydrogens (tertiary/aromatic N) is 2. The van der Waals surface area contributed by atoms with Crippen LogP contribution in [0.2, 0.25) is 0 Å². The summed E-state index contributed by atoms with van der Waals surface area (Å²) in [6.07, 6.45) is 3.51. The van der Waals surface area contributed by atoms with Crippen LogP contribution in [0.4, 0.5) is 10.8 Å². The van der Waals surface area contributed by atoms with Crippen LogP contribution in [-0.2, 0) is 6.54 Å². The van der Waals surface area contributed by atoms with E-state index in [0.29, 0.717) is 12.4 Å². The van der Waals surface area contributed by atoms with Gasteiger partial charge in [-0.3, -0.25) is 0 Å². The minimum Gasteiger partial charge on any atom is -0.383 e. The Kier molecular flexibility index (Phi) is 2.13. The number of nitrogens with two attached hydrogens (primary N) is 1. The van der Waals surface area contributed by atoms with Crippen molar-refractivity contribution in [1.82, 2.24) is 14.3 Å². The van der Waals surface area contributed by atoms with Crippen LogP contribution in [0, 0.1) is 0 Å². The minimum absolute atomic E-state index is 0.548. The number of aromatic nitrogens is 3. The molecule has 2 aromatic heterocycles. The van der Waals surface area contributed by atoms with Gasteiger partial charge < -0.3 is 16.0 Å². The summed E-state index contributed by atoms with van der Waals surface area (Å²) in [5, 5.41) is 4.10. The molecule has 0 bridgehead atoms. The zero-order valence-electron chi connectivity index (χ0n) is 6.82. The van der Waals surface area contributed by atoms with Crippen molar-refractivity contribution in [2.45, 2.75) is 6.54 Å². The SMILES string of the molecule is Nc1cc(NCc2ncc[nH]2)sn1. The van der Waals surface area contributed by atoms with E-state index in [9.17, 15) is 0 Å². The van der Waals surface area contributed by atoms with Gasteiger partial charge in [-0.25, -0.2) is 4.98 Å². The molecular formula is C7H9N5S. The van der Waals surface area contributed by atoms with Crippen molar-refractivity contribution >= 4 is 22.4 Å². The number of hydrogen-bond acceptors (Lipinski definition) is 5. The summed E-state index contributed by atoms with van der Waals surface area (Å²) in [7, 11) is 0. The van der Waals surface area contributed by atoms with Gasteiger partial charge in [0.25, 0.3) is 0 Å². The third kappa shape index (κ3) is 1.97. The molecule has 2 aromatic rings. The van der Waals surface area contributed by atoms with Gasteiger partial charge in [0, 0.05) is 18.5 Å². The van der Waals surface area contributed by atoms with Crippen LogP contribution in [0.1, 0.15) is 5.82 Å². The number of H-pyrrole nitrogens is 1. The van der Waals surface area contributed by atoms with E-state index in [4.69, 9.17) is 5.73 Å². The van der Waals surface area contributed by atoms with E-state index in [1.165, 1.54) is 11.5 Å². The molecule has 68 valence electrons. The van der Waals surface area contributed by atoms with Crippen LogP contribution in [0.3, 0.4) is 0 Å². The molecule has 2 heterocycles. The lowest BCUT2D eigenvalue weighted by Gasteiger charge is -1.97. The predicted octanol–water partition coefficient (Wildman–Crippen LogP) is 1.06. The molecule has 13 heavy (non-hydrogen) atoms. The molecule has 0 unspecified atom stereocenters. The molecule has 5 nitrogen and oxygen atoms in total. The lowest BCUT2D eigenvalue weighted by molar-refractivity contribution is 1.00. The van der Waals surface area contributed by atoms with Crippen molar-refractivity contribution in [3.8, 4) is 0 Å². The largest absolute Gasteiger partial charge is 0.383 e. The first-order valence-electron chi connectivity index (χ1n) is 3.79. The Bertz CT molecular complexity index is 366. The number of imidazole rings is 1. The van der Waals surface area contributed by atoms with E-state index in [0.717, 1.165) is 10.8 Å². The smallest absolute Gasteiger partial charge is 0.139 e. The molecule has 0 spiro atoms. The molecule has 0 saturated heterocycles. The second-order valence-electron chi connectivity index (χ2n) is 2.51. The molecule has 6 heteroatoms. The summed E-state index contributed by atoms with van der Waals surface area (Å²) in [6, 6.07) is 1.80. The highest BCUT2D eigenvalue weighted by Gasteiger charge is 1.98. The third-order valence-corrected chi connectivity index (χ3v) is 2.27. The number of hydrogen-bond donors (Lipinski definition) is 3. The van der Waals surface area contributed by atoms with Crippen LogP contribution < -0.4 is 11.1 Å². The van der Waals surface area contributed by atoms with E-state index in [-0.39, 0.29) is 0 Å². The van der Waals surface area contributed by atoms with Gasteiger partial charge in [-0.15, -0.1) is 0 Å². The van der Waals surface area contributed by atoms with Gasteiger partial charge in [0.2, 0.25) is 0 Å². The lowest BCUT2D eigenvalue weighted by atomic mass is 10.5. The van der Waals surface area contributed by atoms with Crippen LogP contribution in [0.25, 0.3) is 0 Å². The maximum Gasteiger partial charge on any atom is 0.139 e. The monoisotopic (exact) mass is 195 g/mol.